The van der Waals surface area contributed by atoms with Crippen LogP contribution in [-0.4, -0.2) is 16.7 Å². The van der Waals surface area contributed by atoms with Gasteiger partial charge in [-0.05, 0) is 25.8 Å². The van der Waals surface area contributed by atoms with E-state index in [2.05, 4.69) is 17.1 Å². The first kappa shape index (κ1) is 8.69. The van der Waals surface area contributed by atoms with Gasteiger partial charge in [0.1, 0.15) is 0 Å². The molecule has 72 valence electrons. The van der Waals surface area contributed by atoms with Gasteiger partial charge in [-0.1, -0.05) is 6.92 Å². The molecule has 1 aromatic rings. The molecule has 0 spiro atoms. The van der Waals surface area contributed by atoms with Crippen molar-refractivity contribution in [2.24, 2.45) is 5.73 Å². The number of nitrogens with zero attached hydrogens (tertiary/aromatic N) is 2. The summed E-state index contributed by atoms with van der Waals surface area (Å²) in [7, 11) is 0. The standard InChI is InChI=1S/C9H15N3O/c1-9(4-5-9)8-12-11-7(13-8)3-2-6-10/h2-6,10H2,1H3. The van der Waals surface area contributed by atoms with Gasteiger partial charge >= 0.3 is 0 Å². The molecule has 0 unspecified atom stereocenters. The maximum Gasteiger partial charge on any atom is 0.222 e. The highest BCUT2D eigenvalue weighted by atomic mass is 16.4. The number of aromatic nitrogens is 2. The van der Waals surface area contributed by atoms with E-state index in [1.807, 2.05) is 0 Å². The minimum absolute atomic E-state index is 0.188. The van der Waals surface area contributed by atoms with Crippen molar-refractivity contribution in [3.8, 4) is 0 Å². The Morgan fingerprint density at radius 1 is 1.46 bits per heavy atom. The summed E-state index contributed by atoms with van der Waals surface area (Å²) in [5.74, 6) is 1.54. The predicted molar refractivity (Wildman–Crippen MR) is 48.3 cm³/mol. The lowest BCUT2D eigenvalue weighted by molar-refractivity contribution is 0.413. The van der Waals surface area contributed by atoms with Crippen LogP contribution in [-0.2, 0) is 11.8 Å². The van der Waals surface area contributed by atoms with Gasteiger partial charge in [-0.2, -0.15) is 0 Å². The van der Waals surface area contributed by atoms with E-state index < -0.39 is 0 Å². The Hall–Kier alpha value is -0.900. The molecule has 4 heteroatoms. The predicted octanol–water partition coefficient (Wildman–Crippen LogP) is 1.01. The zero-order valence-corrected chi connectivity index (χ0v) is 7.92. The zero-order chi connectivity index (χ0) is 9.31. The van der Waals surface area contributed by atoms with Gasteiger partial charge in [-0.3, -0.25) is 0 Å². The van der Waals surface area contributed by atoms with Crippen LogP contribution in [0.15, 0.2) is 4.42 Å². The maximum absolute atomic E-state index is 5.53. The molecule has 0 radical (unpaired) electrons. The van der Waals surface area contributed by atoms with E-state index in [0.29, 0.717) is 6.54 Å². The van der Waals surface area contributed by atoms with Gasteiger partial charge in [0, 0.05) is 11.8 Å². The van der Waals surface area contributed by atoms with Gasteiger partial charge in [0.25, 0.3) is 0 Å². The van der Waals surface area contributed by atoms with Crippen LogP contribution in [0.3, 0.4) is 0 Å². The molecule has 0 atom stereocenters. The smallest absolute Gasteiger partial charge is 0.222 e. The average molecular weight is 181 g/mol. The lowest BCUT2D eigenvalue weighted by atomic mass is 10.1. The Morgan fingerprint density at radius 3 is 2.85 bits per heavy atom. The lowest BCUT2D eigenvalue weighted by Crippen LogP contribution is -2.00. The average Bonchev–Trinajstić information content (AvgIpc) is 2.69. The number of nitrogens with two attached hydrogens (primary N) is 1. The van der Waals surface area contributed by atoms with Crippen LogP contribution in [0.1, 0.15) is 38.0 Å². The van der Waals surface area contributed by atoms with Crippen LogP contribution in [0.2, 0.25) is 0 Å². The van der Waals surface area contributed by atoms with E-state index in [-0.39, 0.29) is 5.41 Å². The van der Waals surface area contributed by atoms with E-state index in [4.69, 9.17) is 10.2 Å². The molecule has 0 amide bonds. The zero-order valence-electron chi connectivity index (χ0n) is 7.92. The SMILES string of the molecule is CC1(c2nnc(CCCN)o2)CC1. The van der Waals surface area contributed by atoms with E-state index in [0.717, 1.165) is 24.6 Å². The highest BCUT2D eigenvalue weighted by Crippen LogP contribution is 2.46. The third-order valence-electron chi connectivity index (χ3n) is 2.58. The van der Waals surface area contributed by atoms with Gasteiger partial charge in [0.05, 0.1) is 0 Å². The van der Waals surface area contributed by atoms with Gasteiger partial charge in [0.2, 0.25) is 11.8 Å². The second kappa shape index (κ2) is 3.10. The van der Waals surface area contributed by atoms with Gasteiger partial charge in [-0.15, -0.1) is 10.2 Å². The molecule has 13 heavy (non-hydrogen) atoms. The Kier molecular flexibility index (Phi) is 2.07. The van der Waals surface area contributed by atoms with Crippen molar-refractivity contribution in [1.82, 2.24) is 10.2 Å². The maximum atomic E-state index is 5.53. The minimum atomic E-state index is 0.188. The molecular formula is C9H15N3O. The second-order valence-corrected chi connectivity index (χ2v) is 3.95. The summed E-state index contributed by atoms with van der Waals surface area (Å²) >= 11 is 0. The molecule has 1 aromatic heterocycles. The third kappa shape index (κ3) is 1.72. The molecule has 0 bridgehead atoms. The minimum Gasteiger partial charge on any atom is -0.425 e. The van der Waals surface area contributed by atoms with Crippen LogP contribution in [0.25, 0.3) is 0 Å². The van der Waals surface area contributed by atoms with Crippen LogP contribution in [0.5, 0.6) is 0 Å². The van der Waals surface area contributed by atoms with E-state index >= 15 is 0 Å². The van der Waals surface area contributed by atoms with Crippen LogP contribution >= 0.6 is 0 Å². The Balaban J connectivity index is 2.01. The monoisotopic (exact) mass is 181 g/mol. The first-order chi connectivity index (χ1) is 6.24. The van der Waals surface area contributed by atoms with E-state index in [1.54, 1.807) is 0 Å². The Bertz CT molecular complexity index is 291. The van der Waals surface area contributed by atoms with Crippen molar-refractivity contribution in [1.29, 1.82) is 0 Å². The number of rotatable bonds is 4. The fraction of sp³-hybridized carbons (Fsp3) is 0.778. The van der Waals surface area contributed by atoms with Crippen molar-refractivity contribution >= 4 is 0 Å². The summed E-state index contributed by atoms with van der Waals surface area (Å²) in [5, 5.41) is 8.03. The van der Waals surface area contributed by atoms with Gasteiger partial charge in [-0.25, -0.2) is 0 Å². The van der Waals surface area contributed by atoms with E-state index in [9.17, 15) is 0 Å². The number of aryl methyl sites for hydroxylation is 1. The first-order valence-corrected chi connectivity index (χ1v) is 4.77. The summed E-state index contributed by atoms with van der Waals surface area (Å²) in [6, 6.07) is 0. The molecule has 1 aliphatic carbocycles. The molecule has 4 nitrogen and oxygen atoms in total. The molecule has 2 rings (SSSR count). The summed E-state index contributed by atoms with van der Waals surface area (Å²) in [5.41, 5.74) is 5.58. The molecule has 0 aromatic carbocycles. The van der Waals surface area contributed by atoms with Crippen molar-refractivity contribution in [3.05, 3.63) is 11.8 Å². The van der Waals surface area contributed by atoms with Crippen molar-refractivity contribution < 1.29 is 4.42 Å². The normalized spacial score (nSPS) is 18.9. The van der Waals surface area contributed by atoms with E-state index in [1.165, 1.54) is 12.8 Å². The molecule has 1 aliphatic rings. The molecule has 1 saturated carbocycles. The topological polar surface area (TPSA) is 64.9 Å². The van der Waals surface area contributed by atoms with Crippen molar-refractivity contribution in [2.45, 2.75) is 38.0 Å². The Labute approximate surface area is 77.5 Å². The summed E-state index contributed by atoms with van der Waals surface area (Å²) < 4.78 is 5.53. The quantitative estimate of drug-likeness (QED) is 0.753. The summed E-state index contributed by atoms with van der Waals surface area (Å²) in [6.07, 6.45) is 4.06. The first-order valence-electron chi connectivity index (χ1n) is 4.77. The second-order valence-electron chi connectivity index (χ2n) is 3.95. The third-order valence-corrected chi connectivity index (χ3v) is 2.58. The number of hydrogen-bond acceptors (Lipinski definition) is 4. The Morgan fingerprint density at radius 2 is 2.23 bits per heavy atom. The lowest BCUT2D eigenvalue weighted by Gasteiger charge is -1.98. The molecule has 2 N–H and O–H groups in total. The molecule has 0 saturated heterocycles. The fourth-order valence-corrected chi connectivity index (χ4v) is 1.25. The van der Waals surface area contributed by atoms with Crippen molar-refractivity contribution in [2.75, 3.05) is 6.54 Å². The number of hydrogen-bond donors (Lipinski definition) is 1. The molecular weight excluding hydrogens is 166 g/mol. The summed E-state index contributed by atoms with van der Waals surface area (Å²) in [4.78, 5) is 0. The molecule has 1 fully saturated rings. The van der Waals surface area contributed by atoms with Crippen LogP contribution in [0, 0.1) is 0 Å². The molecule has 0 aliphatic heterocycles. The summed E-state index contributed by atoms with van der Waals surface area (Å²) in [6.45, 7) is 2.84. The van der Waals surface area contributed by atoms with Crippen molar-refractivity contribution in [3.63, 3.8) is 0 Å². The molecule has 1 heterocycles. The largest absolute Gasteiger partial charge is 0.425 e. The highest BCUT2D eigenvalue weighted by molar-refractivity contribution is 5.11. The van der Waals surface area contributed by atoms with Gasteiger partial charge < -0.3 is 10.2 Å². The fourth-order valence-electron chi connectivity index (χ4n) is 1.25. The van der Waals surface area contributed by atoms with Gasteiger partial charge in [0.15, 0.2) is 0 Å². The van der Waals surface area contributed by atoms with Crippen LogP contribution in [0.4, 0.5) is 0 Å². The van der Waals surface area contributed by atoms with Crippen LogP contribution < -0.4 is 5.73 Å². The highest BCUT2D eigenvalue weighted by Gasteiger charge is 2.44.